The van der Waals surface area contributed by atoms with Gasteiger partial charge in [0.25, 0.3) is 0 Å². The van der Waals surface area contributed by atoms with E-state index in [0.717, 1.165) is 46.2 Å². The summed E-state index contributed by atoms with van der Waals surface area (Å²) >= 11 is 1.14. The van der Waals surface area contributed by atoms with Crippen molar-refractivity contribution in [2.75, 3.05) is 11.1 Å². The molecule has 0 bridgehead atoms. The Balaban J connectivity index is 1.74. The van der Waals surface area contributed by atoms with Crippen LogP contribution in [0.1, 0.15) is 23.6 Å². The number of thioether (sulfide) groups is 1. The van der Waals surface area contributed by atoms with E-state index in [9.17, 15) is 9.59 Å². The van der Waals surface area contributed by atoms with E-state index in [2.05, 4.69) is 17.5 Å². The molecule has 0 radical (unpaired) electrons. The number of rotatable bonds is 6. The molecule has 2 aromatic carbocycles. The van der Waals surface area contributed by atoms with Crippen LogP contribution in [-0.2, 0) is 11.2 Å². The van der Waals surface area contributed by atoms with Gasteiger partial charge in [-0.05, 0) is 53.1 Å². The molecule has 0 saturated heterocycles. The van der Waals surface area contributed by atoms with Crippen LogP contribution in [-0.4, -0.2) is 16.9 Å². The summed E-state index contributed by atoms with van der Waals surface area (Å²) in [5, 5.41) is 5.88. The number of benzene rings is 2. The topological polar surface area (TPSA) is 79.0 Å². The van der Waals surface area contributed by atoms with E-state index < -0.39 is 5.63 Å². The third-order valence-corrected chi connectivity index (χ3v) is 5.27. The van der Waals surface area contributed by atoms with E-state index in [1.165, 1.54) is 0 Å². The number of H-pyrrole nitrogens is 1. The molecule has 27 heavy (non-hydrogen) atoms. The lowest BCUT2D eigenvalue weighted by atomic mass is 10.1. The smallest absolute Gasteiger partial charge is 0.325 e. The second-order valence-electron chi connectivity index (χ2n) is 6.26. The van der Waals surface area contributed by atoms with Crippen LogP contribution in [0.3, 0.4) is 0 Å². The number of amides is 1. The van der Waals surface area contributed by atoms with Gasteiger partial charge in [0, 0.05) is 17.8 Å². The van der Waals surface area contributed by atoms with Gasteiger partial charge in [0.05, 0.1) is 5.75 Å². The van der Waals surface area contributed by atoms with Gasteiger partial charge in [0.2, 0.25) is 11.6 Å². The van der Waals surface area contributed by atoms with Crippen molar-refractivity contribution < 1.29 is 14.0 Å². The van der Waals surface area contributed by atoms with E-state index in [0.29, 0.717) is 5.03 Å². The van der Waals surface area contributed by atoms with Crippen LogP contribution in [0.25, 0.3) is 5.69 Å². The number of carbonyl (C=O) groups is 1. The first-order chi connectivity index (χ1) is 13.0. The molecule has 0 fully saturated rings. The van der Waals surface area contributed by atoms with Gasteiger partial charge < -0.3 is 5.32 Å². The van der Waals surface area contributed by atoms with Crippen LogP contribution in [0, 0.1) is 13.8 Å². The Morgan fingerprint density at radius 1 is 1.19 bits per heavy atom. The van der Waals surface area contributed by atoms with Crippen LogP contribution in [0.5, 0.6) is 0 Å². The van der Waals surface area contributed by atoms with E-state index in [-0.39, 0.29) is 11.7 Å². The van der Waals surface area contributed by atoms with Gasteiger partial charge in [0.15, 0.2) is 0 Å². The van der Waals surface area contributed by atoms with Crippen LogP contribution in [0.15, 0.2) is 56.8 Å². The number of nitrogens with one attached hydrogen (secondary N) is 2. The number of hydrogen-bond acceptors (Lipinski definition) is 4. The average Bonchev–Trinajstić information content (AvgIpc) is 3.03. The molecule has 0 atom stereocenters. The highest BCUT2D eigenvalue weighted by Crippen LogP contribution is 2.22. The third kappa shape index (κ3) is 4.31. The normalized spacial score (nSPS) is 10.8. The van der Waals surface area contributed by atoms with Gasteiger partial charge in [-0.25, -0.2) is 4.79 Å². The SMILES string of the molecule is CCc1cccc(C)c1NC(=O)CSc1c(=O)o[nH][n+]1-c1ccc(C)cc1. The van der Waals surface area contributed by atoms with Crippen molar-refractivity contribution in [3.63, 3.8) is 0 Å². The standard InChI is InChI=1S/C20H21N3O3S/c1-4-15-7-5-6-14(3)18(15)21-17(24)12-27-19-20(25)26-22-23(19)16-10-8-13(2)9-11-16/h5-11H,4,12H2,1-3H3,(H-,21,22,24,25)/p+1. The molecule has 1 heterocycles. The summed E-state index contributed by atoms with van der Waals surface area (Å²) in [6.07, 6.45) is 0.833. The highest BCUT2D eigenvalue weighted by atomic mass is 32.2. The second kappa shape index (κ2) is 8.26. The number of para-hydroxylation sites is 1. The number of aromatic nitrogens is 2. The first-order valence-corrected chi connectivity index (χ1v) is 9.70. The van der Waals surface area contributed by atoms with Gasteiger partial charge >= 0.3 is 10.7 Å². The van der Waals surface area contributed by atoms with Crippen molar-refractivity contribution in [2.24, 2.45) is 0 Å². The molecule has 0 aliphatic heterocycles. The minimum absolute atomic E-state index is 0.103. The van der Waals surface area contributed by atoms with E-state index in [1.54, 1.807) is 4.68 Å². The molecule has 140 valence electrons. The van der Waals surface area contributed by atoms with Crippen LogP contribution in [0.4, 0.5) is 5.69 Å². The van der Waals surface area contributed by atoms with Crippen molar-refractivity contribution in [3.05, 3.63) is 69.6 Å². The molecule has 7 heteroatoms. The highest BCUT2D eigenvalue weighted by Gasteiger charge is 2.25. The lowest BCUT2D eigenvalue weighted by Gasteiger charge is -2.12. The molecule has 0 unspecified atom stereocenters. The minimum Gasteiger partial charge on any atom is -0.325 e. The highest BCUT2D eigenvalue weighted by molar-refractivity contribution is 7.99. The van der Waals surface area contributed by atoms with E-state index in [4.69, 9.17) is 4.52 Å². The summed E-state index contributed by atoms with van der Waals surface area (Å²) in [7, 11) is 0. The Morgan fingerprint density at radius 2 is 1.93 bits per heavy atom. The number of carbonyl (C=O) groups excluding carboxylic acids is 1. The van der Waals surface area contributed by atoms with Crippen molar-refractivity contribution >= 4 is 23.4 Å². The second-order valence-corrected chi connectivity index (χ2v) is 7.22. The summed E-state index contributed by atoms with van der Waals surface area (Å²) in [6.45, 7) is 6.01. The molecule has 1 amide bonds. The Hall–Kier alpha value is -2.80. The van der Waals surface area contributed by atoms with Crippen molar-refractivity contribution in [1.29, 1.82) is 0 Å². The fourth-order valence-corrected chi connectivity index (χ4v) is 3.53. The largest absolute Gasteiger partial charge is 0.442 e. The molecule has 2 N–H and O–H groups in total. The summed E-state index contributed by atoms with van der Waals surface area (Å²) in [4.78, 5) is 24.5. The summed E-state index contributed by atoms with van der Waals surface area (Å²) < 4.78 is 6.46. The maximum absolute atomic E-state index is 12.4. The van der Waals surface area contributed by atoms with Crippen molar-refractivity contribution in [3.8, 4) is 5.69 Å². The molecular formula is C20H22N3O3S+. The van der Waals surface area contributed by atoms with Crippen molar-refractivity contribution in [1.82, 2.24) is 5.27 Å². The molecule has 3 rings (SSSR count). The number of aromatic amines is 1. The third-order valence-electron chi connectivity index (χ3n) is 4.24. The molecule has 0 aliphatic carbocycles. The Labute approximate surface area is 161 Å². The monoisotopic (exact) mass is 384 g/mol. The molecule has 1 aromatic heterocycles. The van der Waals surface area contributed by atoms with Gasteiger partial charge in [-0.1, -0.05) is 42.8 Å². The number of aryl methyl sites for hydroxylation is 3. The maximum atomic E-state index is 12.4. The lowest BCUT2D eigenvalue weighted by molar-refractivity contribution is -0.704. The van der Waals surface area contributed by atoms with Gasteiger partial charge in [-0.3, -0.25) is 9.32 Å². The molecule has 6 nitrogen and oxygen atoms in total. The zero-order chi connectivity index (χ0) is 19.4. The summed E-state index contributed by atoms with van der Waals surface area (Å²) in [5.41, 5.74) is 4.33. The first kappa shape index (κ1) is 19.0. The molecule has 3 aromatic rings. The average molecular weight is 384 g/mol. The van der Waals surface area contributed by atoms with Gasteiger partial charge in [0.1, 0.15) is 0 Å². The number of hydrogen-bond donors (Lipinski definition) is 2. The van der Waals surface area contributed by atoms with Crippen LogP contribution < -0.4 is 15.6 Å². The van der Waals surface area contributed by atoms with Crippen LogP contribution in [0.2, 0.25) is 0 Å². The number of anilines is 1. The number of nitrogens with zero attached hydrogens (tertiary/aromatic N) is 1. The quantitative estimate of drug-likeness (QED) is 0.505. The maximum Gasteiger partial charge on any atom is 0.442 e. The van der Waals surface area contributed by atoms with Crippen molar-refractivity contribution in [2.45, 2.75) is 32.2 Å². The Morgan fingerprint density at radius 3 is 2.63 bits per heavy atom. The van der Waals surface area contributed by atoms with E-state index >= 15 is 0 Å². The predicted octanol–water partition coefficient (Wildman–Crippen LogP) is 3.15. The van der Waals surface area contributed by atoms with Crippen LogP contribution >= 0.6 is 11.8 Å². The van der Waals surface area contributed by atoms with Gasteiger partial charge in [-0.2, -0.15) is 0 Å². The zero-order valence-corrected chi connectivity index (χ0v) is 16.4. The Kier molecular flexibility index (Phi) is 5.81. The van der Waals surface area contributed by atoms with E-state index in [1.807, 2.05) is 56.3 Å². The molecule has 0 spiro atoms. The zero-order valence-electron chi connectivity index (χ0n) is 15.5. The fourth-order valence-electron chi connectivity index (χ4n) is 2.76. The minimum atomic E-state index is -0.501. The molecule has 0 saturated carbocycles. The molecule has 0 aliphatic rings. The molecular weight excluding hydrogens is 362 g/mol. The summed E-state index contributed by atoms with van der Waals surface area (Å²) in [5.74, 6) is -0.0635. The van der Waals surface area contributed by atoms with Gasteiger partial charge in [-0.15, -0.1) is 0 Å². The Bertz CT molecular complexity index is 1010. The summed E-state index contributed by atoms with van der Waals surface area (Å²) in [6, 6.07) is 13.6. The lowest BCUT2D eigenvalue weighted by Crippen LogP contribution is -2.36. The fraction of sp³-hybridized carbons (Fsp3) is 0.250. The predicted molar refractivity (Wildman–Crippen MR) is 106 cm³/mol. The first-order valence-electron chi connectivity index (χ1n) is 8.71.